The zero-order valence-electron chi connectivity index (χ0n) is 18.6. The predicted molar refractivity (Wildman–Crippen MR) is 121 cm³/mol. The molecule has 1 saturated heterocycles. The summed E-state index contributed by atoms with van der Waals surface area (Å²) >= 11 is 0. The number of ether oxygens (including phenoxy) is 2. The average molecular weight is 453 g/mol. The largest absolute Gasteiger partial charge is 0.479 e. The first-order chi connectivity index (χ1) is 15.9. The fraction of sp³-hybridized carbons (Fsp3) is 0.400. The molecule has 0 saturated carbocycles. The summed E-state index contributed by atoms with van der Waals surface area (Å²) in [5, 5.41) is 14.6. The molecule has 33 heavy (non-hydrogen) atoms. The van der Waals surface area contributed by atoms with E-state index in [-0.39, 0.29) is 25.0 Å². The molecule has 0 spiro atoms. The quantitative estimate of drug-likeness (QED) is 0.595. The van der Waals surface area contributed by atoms with Gasteiger partial charge in [0.05, 0.1) is 12.0 Å². The van der Waals surface area contributed by atoms with Crippen molar-refractivity contribution in [2.75, 3.05) is 13.2 Å². The van der Waals surface area contributed by atoms with Crippen LogP contribution in [0.4, 0.5) is 4.79 Å². The van der Waals surface area contributed by atoms with E-state index in [2.05, 4.69) is 22.8 Å². The molecule has 0 radical (unpaired) electrons. The van der Waals surface area contributed by atoms with Gasteiger partial charge in [-0.1, -0.05) is 55.5 Å². The fourth-order valence-electron chi connectivity index (χ4n) is 4.47. The molecule has 8 heteroatoms. The summed E-state index contributed by atoms with van der Waals surface area (Å²) in [5.41, 5.74) is 4.55. The second-order valence-electron chi connectivity index (χ2n) is 8.58. The third-order valence-corrected chi connectivity index (χ3v) is 6.52. The number of benzene rings is 2. The number of rotatable bonds is 7. The van der Waals surface area contributed by atoms with Gasteiger partial charge in [0.1, 0.15) is 6.61 Å². The molecule has 1 heterocycles. The van der Waals surface area contributed by atoms with Crippen molar-refractivity contribution in [2.24, 2.45) is 5.92 Å². The minimum atomic E-state index is -1.10. The Labute approximate surface area is 192 Å². The van der Waals surface area contributed by atoms with Crippen molar-refractivity contribution in [1.29, 1.82) is 0 Å². The summed E-state index contributed by atoms with van der Waals surface area (Å²) in [5.74, 6) is -2.08. The van der Waals surface area contributed by atoms with Crippen molar-refractivity contribution < 1.29 is 29.0 Å². The number of carbonyl (C=O) groups excluding carboxylic acids is 2. The van der Waals surface area contributed by atoms with E-state index < -0.39 is 36.2 Å². The topological polar surface area (TPSA) is 114 Å². The van der Waals surface area contributed by atoms with Gasteiger partial charge in [-0.3, -0.25) is 4.79 Å². The molecular weight excluding hydrogens is 424 g/mol. The molecule has 174 valence electrons. The Kier molecular flexibility index (Phi) is 6.65. The molecule has 1 aliphatic heterocycles. The molecule has 1 aliphatic carbocycles. The van der Waals surface area contributed by atoms with E-state index in [0.717, 1.165) is 22.3 Å². The van der Waals surface area contributed by atoms with E-state index >= 15 is 0 Å². The molecule has 1 fully saturated rings. The van der Waals surface area contributed by atoms with Gasteiger partial charge in [-0.2, -0.15) is 0 Å². The van der Waals surface area contributed by atoms with Crippen molar-refractivity contribution in [1.82, 2.24) is 10.6 Å². The number of nitrogens with one attached hydrogen (secondary N) is 2. The van der Waals surface area contributed by atoms with Crippen LogP contribution in [-0.4, -0.2) is 54.5 Å². The summed E-state index contributed by atoms with van der Waals surface area (Å²) in [4.78, 5) is 36.3. The highest BCUT2D eigenvalue weighted by Gasteiger charge is 2.36. The summed E-state index contributed by atoms with van der Waals surface area (Å²) < 4.78 is 10.7. The molecule has 0 bridgehead atoms. The highest BCUT2D eigenvalue weighted by Crippen LogP contribution is 2.44. The molecule has 0 aromatic heterocycles. The summed E-state index contributed by atoms with van der Waals surface area (Å²) in [7, 11) is 0. The lowest BCUT2D eigenvalue weighted by Gasteiger charge is -2.24. The lowest BCUT2D eigenvalue weighted by molar-refractivity contribution is -0.148. The van der Waals surface area contributed by atoms with Crippen LogP contribution >= 0.6 is 0 Å². The Morgan fingerprint density at radius 2 is 1.67 bits per heavy atom. The van der Waals surface area contributed by atoms with Gasteiger partial charge in [0.25, 0.3) is 0 Å². The van der Waals surface area contributed by atoms with Crippen LogP contribution in [0.5, 0.6) is 0 Å². The maximum atomic E-state index is 12.6. The smallest absolute Gasteiger partial charge is 0.407 e. The van der Waals surface area contributed by atoms with Gasteiger partial charge in [-0.25, -0.2) is 9.59 Å². The zero-order valence-corrected chi connectivity index (χ0v) is 18.6. The van der Waals surface area contributed by atoms with Gasteiger partial charge in [0.2, 0.25) is 5.91 Å². The van der Waals surface area contributed by atoms with E-state index in [9.17, 15) is 19.5 Å². The minimum absolute atomic E-state index is 0.0468. The van der Waals surface area contributed by atoms with Crippen LogP contribution in [0.3, 0.4) is 0 Å². The first kappa shape index (κ1) is 22.8. The number of fused-ring (bicyclic) bond motifs is 3. The predicted octanol–water partition coefficient (Wildman–Crippen LogP) is 2.91. The standard InChI is InChI=1S/C25H28N2O6/c1-14(23(28)27-21-11-12-32-22(21)24(29)30)15(2)26-25(31)33-13-20-18-9-5-3-7-16(18)17-8-4-6-10-19(17)20/h3-10,14-15,20-22H,11-13H2,1-2H3,(H,26,31)(H,27,28)(H,29,30)/t14?,15?,21-,22+/m1/s1. The number of carboxylic acid groups (broad SMARTS) is 1. The molecular formula is C25H28N2O6. The molecule has 2 unspecified atom stereocenters. The second-order valence-corrected chi connectivity index (χ2v) is 8.58. The Bertz CT molecular complexity index is 1010. The third kappa shape index (κ3) is 4.71. The van der Waals surface area contributed by atoms with Crippen molar-refractivity contribution in [3.63, 3.8) is 0 Å². The normalized spacial score (nSPS) is 20.9. The first-order valence-electron chi connectivity index (χ1n) is 11.1. The van der Waals surface area contributed by atoms with E-state index in [1.54, 1.807) is 13.8 Å². The second kappa shape index (κ2) is 9.62. The molecule has 3 N–H and O–H groups in total. The Hall–Kier alpha value is -3.39. The molecule has 8 nitrogen and oxygen atoms in total. The van der Waals surface area contributed by atoms with Crippen LogP contribution in [-0.2, 0) is 19.1 Å². The van der Waals surface area contributed by atoms with Crippen LogP contribution in [0.25, 0.3) is 11.1 Å². The monoisotopic (exact) mass is 452 g/mol. The number of carbonyl (C=O) groups is 3. The Morgan fingerprint density at radius 3 is 2.27 bits per heavy atom. The molecule has 2 aromatic rings. The van der Waals surface area contributed by atoms with Gasteiger partial charge in [-0.05, 0) is 35.6 Å². The van der Waals surface area contributed by atoms with Crippen molar-refractivity contribution in [3.8, 4) is 11.1 Å². The summed E-state index contributed by atoms with van der Waals surface area (Å²) in [6.07, 6.45) is -1.22. The highest BCUT2D eigenvalue weighted by molar-refractivity contribution is 5.82. The summed E-state index contributed by atoms with van der Waals surface area (Å²) in [6.45, 7) is 3.86. The fourth-order valence-corrected chi connectivity index (χ4v) is 4.47. The number of amides is 2. The SMILES string of the molecule is CC(NC(=O)OCC1c2ccccc2-c2ccccc21)C(C)C(=O)N[C@@H]1CCO[C@@H]1C(=O)O. The minimum Gasteiger partial charge on any atom is -0.479 e. The maximum absolute atomic E-state index is 12.6. The van der Waals surface area contributed by atoms with Crippen LogP contribution in [0.15, 0.2) is 48.5 Å². The van der Waals surface area contributed by atoms with Crippen LogP contribution in [0, 0.1) is 5.92 Å². The van der Waals surface area contributed by atoms with Crippen LogP contribution in [0.2, 0.25) is 0 Å². The van der Waals surface area contributed by atoms with Gasteiger partial charge >= 0.3 is 12.1 Å². The van der Waals surface area contributed by atoms with E-state index in [0.29, 0.717) is 6.42 Å². The van der Waals surface area contributed by atoms with Crippen LogP contribution in [0.1, 0.15) is 37.3 Å². The van der Waals surface area contributed by atoms with Crippen molar-refractivity contribution >= 4 is 18.0 Å². The lowest BCUT2D eigenvalue weighted by atomic mass is 9.98. The van der Waals surface area contributed by atoms with Gasteiger partial charge in [-0.15, -0.1) is 0 Å². The number of hydrogen-bond acceptors (Lipinski definition) is 5. The summed E-state index contributed by atoms with van der Waals surface area (Å²) in [6, 6.07) is 15.1. The van der Waals surface area contributed by atoms with E-state index in [1.165, 1.54) is 0 Å². The molecule has 2 aromatic carbocycles. The van der Waals surface area contributed by atoms with Gasteiger partial charge in [0.15, 0.2) is 6.10 Å². The Morgan fingerprint density at radius 1 is 1.06 bits per heavy atom. The van der Waals surface area contributed by atoms with E-state index in [1.807, 2.05) is 36.4 Å². The zero-order chi connectivity index (χ0) is 23.5. The number of aliphatic carboxylic acids is 1. The van der Waals surface area contributed by atoms with E-state index in [4.69, 9.17) is 9.47 Å². The van der Waals surface area contributed by atoms with Crippen molar-refractivity contribution in [3.05, 3.63) is 59.7 Å². The maximum Gasteiger partial charge on any atom is 0.407 e. The first-order valence-corrected chi connectivity index (χ1v) is 11.1. The average Bonchev–Trinajstić information content (AvgIpc) is 3.39. The molecule has 4 rings (SSSR count). The number of hydrogen-bond donors (Lipinski definition) is 3. The van der Waals surface area contributed by atoms with Crippen molar-refractivity contribution in [2.45, 2.75) is 44.4 Å². The van der Waals surface area contributed by atoms with Gasteiger partial charge in [0, 0.05) is 18.6 Å². The Balaban J connectivity index is 1.32. The van der Waals surface area contributed by atoms with Crippen LogP contribution < -0.4 is 10.6 Å². The lowest BCUT2D eigenvalue weighted by Crippen LogP contribution is -2.50. The molecule has 4 atom stereocenters. The highest BCUT2D eigenvalue weighted by atomic mass is 16.5. The molecule has 2 aliphatic rings. The number of carboxylic acids is 1. The molecule has 2 amide bonds. The number of alkyl carbamates (subject to hydrolysis) is 1. The van der Waals surface area contributed by atoms with Gasteiger partial charge < -0.3 is 25.2 Å². The third-order valence-electron chi connectivity index (χ3n) is 6.52.